The second-order valence-corrected chi connectivity index (χ2v) is 6.50. The molecule has 0 saturated heterocycles. The Morgan fingerprint density at radius 2 is 2.00 bits per heavy atom. The zero-order valence-electron chi connectivity index (χ0n) is 12.8. The molecule has 2 N–H and O–H groups in total. The number of nitrogens with two attached hydrogens (primary N) is 1. The zero-order chi connectivity index (χ0) is 15.6. The van der Waals surface area contributed by atoms with Crippen LogP contribution < -0.4 is 10.5 Å². The van der Waals surface area contributed by atoms with Gasteiger partial charge in [-0.2, -0.15) is 0 Å². The Hall–Kier alpha value is -1.88. The molecular formula is C16H20N2O2S. The van der Waals surface area contributed by atoms with Gasteiger partial charge in [0.15, 0.2) is 0 Å². The summed E-state index contributed by atoms with van der Waals surface area (Å²) in [4.78, 5) is 5.04. The minimum Gasteiger partial charge on any atom is -0.496 e. The highest BCUT2D eigenvalue weighted by Gasteiger charge is 2.15. The maximum absolute atomic E-state index is 12.5. The average molecular weight is 304 g/mol. The lowest BCUT2D eigenvalue weighted by atomic mass is 10.1. The molecule has 1 atom stereocenters. The second kappa shape index (κ2) is 6.26. The summed E-state index contributed by atoms with van der Waals surface area (Å²) in [7, 11) is 0.409. The van der Waals surface area contributed by atoms with Gasteiger partial charge >= 0.3 is 0 Å². The fourth-order valence-electron chi connectivity index (χ4n) is 2.29. The van der Waals surface area contributed by atoms with Gasteiger partial charge in [-0.3, -0.25) is 9.19 Å². The van der Waals surface area contributed by atoms with Crippen LogP contribution in [0.4, 0.5) is 5.69 Å². The van der Waals surface area contributed by atoms with Gasteiger partial charge in [0.1, 0.15) is 5.75 Å². The van der Waals surface area contributed by atoms with E-state index in [1.54, 1.807) is 13.3 Å². The first kappa shape index (κ1) is 15.5. The monoisotopic (exact) mass is 304 g/mol. The van der Waals surface area contributed by atoms with E-state index in [0.717, 1.165) is 28.1 Å². The highest BCUT2D eigenvalue weighted by molar-refractivity contribution is 7.84. The largest absolute Gasteiger partial charge is 0.496 e. The Kier molecular flexibility index (Phi) is 4.63. The van der Waals surface area contributed by atoms with E-state index in [0.29, 0.717) is 16.3 Å². The number of aryl methyl sites for hydroxylation is 2. The van der Waals surface area contributed by atoms with Crippen molar-refractivity contribution in [2.24, 2.45) is 0 Å². The summed E-state index contributed by atoms with van der Waals surface area (Å²) in [5.41, 5.74) is 10.2. The topological polar surface area (TPSA) is 65.2 Å². The van der Waals surface area contributed by atoms with E-state index in [-0.39, 0.29) is 0 Å². The second-order valence-electron chi connectivity index (χ2n) is 5.08. The van der Waals surface area contributed by atoms with E-state index < -0.39 is 10.8 Å². The minimum atomic E-state index is -1.22. The maximum atomic E-state index is 12.5. The summed E-state index contributed by atoms with van der Waals surface area (Å²) in [6, 6.07) is 5.57. The van der Waals surface area contributed by atoms with Gasteiger partial charge in [0, 0.05) is 23.0 Å². The predicted molar refractivity (Wildman–Crippen MR) is 86.0 cm³/mol. The smallest absolute Gasteiger partial charge is 0.128 e. The predicted octanol–water partition coefficient (Wildman–Crippen LogP) is 2.91. The fraction of sp³-hybridized carbons (Fsp3) is 0.312. The first-order valence-corrected chi connectivity index (χ1v) is 7.99. The molecule has 2 aromatic rings. The van der Waals surface area contributed by atoms with Gasteiger partial charge in [-0.25, -0.2) is 0 Å². The first-order valence-electron chi connectivity index (χ1n) is 6.67. The molecule has 0 fully saturated rings. The standard InChI is InChI=1S/C16H20N2O2S/c1-10-5-6-15(13(17)7-10)21(19)9-14-12(3)16(20-4)11(2)8-18-14/h5-8H,9,17H2,1-4H3. The lowest BCUT2D eigenvalue weighted by molar-refractivity contribution is 0.407. The molecule has 0 amide bonds. The summed E-state index contributed by atoms with van der Waals surface area (Å²) in [6.45, 7) is 5.83. The Morgan fingerprint density at radius 1 is 1.29 bits per heavy atom. The number of aromatic nitrogens is 1. The highest BCUT2D eigenvalue weighted by Crippen LogP contribution is 2.26. The number of pyridine rings is 1. The van der Waals surface area contributed by atoms with E-state index >= 15 is 0 Å². The van der Waals surface area contributed by atoms with Crippen LogP contribution in [-0.2, 0) is 16.6 Å². The van der Waals surface area contributed by atoms with E-state index in [2.05, 4.69) is 4.98 Å². The number of hydrogen-bond acceptors (Lipinski definition) is 4. The number of methoxy groups -OCH3 is 1. The number of nitrogens with zero attached hydrogens (tertiary/aromatic N) is 1. The van der Waals surface area contributed by atoms with E-state index in [1.165, 1.54) is 0 Å². The van der Waals surface area contributed by atoms with E-state index in [4.69, 9.17) is 10.5 Å². The van der Waals surface area contributed by atoms with Crippen LogP contribution in [-0.4, -0.2) is 16.3 Å². The summed E-state index contributed by atoms with van der Waals surface area (Å²) in [6.07, 6.45) is 1.75. The molecule has 1 aromatic carbocycles. The Bertz CT molecular complexity index is 699. The lowest BCUT2D eigenvalue weighted by Gasteiger charge is -2.12. The van der Waals surface area contributed by atoms with Crippen LogP contribution in [0.25, 0.3) is 0 Å². The highest BCUT2D eigenvalue weighted by atomic mass is 32.2. The van der Waals surface area contributed by atoms with Gasteiger partial charge in [-0.1, -0.05) is 6.07 Å². The van der Waals surface area contributed by atoms with Gasteiger partial charge in [0.25, 0.3) is 0 Å². The zero-order valence-corrected chi connectivity index (χ0v) is 13.6. The molecule has 1 aromatic heterocycles. The van der Waals surface area contributed by atoms with Gasteiger partial charge in [0.2, 0.25) is 0 Å². The van der Waals surface area contributed by atoms with Gasteiger partial charge in [-0.15, -0.1) is 0 Å². The van der Waals surface area contributed by atoms with Crippen LogP contribution in [0, 0.1) is 20.8 Å². The molecule has 21 heavy (non-hydrogen) atoms. The molecule has 5 heteroatoms. The van der Waals surface area contributed by atoms with Crippen LogP contribution in [0.5, 0.6) is 5.75 Å². The molecule has 4 nitrogen and oxygen atoms in total. The van der Waals surface area contributed by atoms with Crippen molar-refractivity contribution < 1.29 is 8.95 Å². The van der Waals surface area contributed by atoms with Crippen LogP contribution in [0.3, 0.4) is 0 Å². The summed E-state index contributed by atoms with van der Waals surface area (Å²) >= 11 is 0. The quantitative estimate of drug-likeness (QED) is 0.882. The molecule has 112 valence electrons. The average Bonchev–Trinajstić information content (AvgIpc) is 2.42. The summed E-state index contributed by atoms with van der Waals surface area (Å²) in [5, 5.41) is 0. The van der Waals surface area contributed by atoms with Crippen molar-refractivity contribution in [3.63, 3.8) is 0 Å². The molecule has 0 aliphatic carbocycles. The minimum absolute atomic E-state index is 0.329. The van der Waals surface area contributed by atoms with Crippen molar-refractivity contribution in [2.45, 2.75) is 31.4 Å². The van der Waals surface area contributed by atoms with Crippen molar-refractivity contribution in [3.8, 4) is 5.75 Å². The van der Waals surface area contributed by atoms with Crippen molar-refractivity contribution >= 4 is 16.5 Å². The molecule has 0 aliphatic rings. The molecule has 2 rings (SSSR count). The first-order chi connectivity index (χ1) is 9.93. The number of anilines is 1. The molecule has 0 radical (unpaired) electrons. The Labute approximate surface area is 127 Å². The van der Waals surface area contributed by atoms with Crippen molar-refractivity contribution in [1.82, 2.24) is 4.98 Å². The van der Waals surface area contributed by atoms with Crippen LogP contribution in [0.2, 0.25) is 0 Å². The number of nitrogen functional groups attached to an aromatic ring is 1. The van der Waals surface area contributed by atoms with Gasteiger partial charge in [0.05, 0.1) is 34.3 Å². The van der Waals surface area contributed by atoms with Crippen molar-refractivity contribution in [1.29, 1.82) is 0 Å². The molecular weight excluding hydrogens is 284 g/mol. The van der Waals surface area contributed by atoms with Crippen LogP contribution >= 0.6 is 0 Å². The van der Waals surface area contributed by atoms with Crippen molar-refractivity contribution in [3.05, 3.63) is 46.8 Å². The van der Waals surface area contributed by atoms with E-state index in [1.807, 2.05) is 39.0 Å². The molecule has 1 unspecified atom stereocenters. The lowest BCUT2D eigenvalue weighted by Crippen LogP contribution is -2.06. The third kappa shape index (κ3) is 3.24. The van der Waals surface area contributed by atoms with Crippen molar-refractivity contribution in [2.75, 3.05) is 12.8 Å². The maximum Gasteiger partial charge on any atom is 0.128 e. The number of hydrogen-bond donors (Lipinski definition) is 1. The fourth-order valence-corrected chi connectivity index (χ4v) is 3.53. The third-order valence-electron chi connectivity index (χ3n) is 3.43. The number of ether oxygens (including phenoxy) is 1. The van der Waals surface area contributed by atoms with Gasteiger partial charge < -0.3 is 10.5 Å². The van der Waals surface area contributed by atoms with Crippen LogP contribution in [0.15, 0.2) is 29.3 Å². The van der Waals surface area contributed by atoms with Gasteiger partial charge in [-0.05, 0) is 38.5 Å². The normalized spacial score (nSPS) is 12.2. The summed E-state index contributed by atoms with van der Waals surface area (Å²) < 4.78 is 17.9. The molecule has 0 aliphatic heterocycles. The SMILES string of the molecule is COc1c(C)cnc(CS(=O)c2ccc(C)cc2N)c1C. The Morgan fingerprint density at radius 3 is 2.62 bits per heavy atom. The third-order valence-corrected chi connectivity index (χ3v) is 4.83. The molecule has 0 spiro atoms. The Balaban J connectivity index is 2.32. The molecule has 0 saturated carbocycles. The number of rotatable bonds is 4. The molecule has 1 heterocycles. The summed E-state index contributed by atoms with van der Waals surface area (Å²) in [5.74, 6) is 1.13. The number of benzene rings is 1. The van der Waals surface area contributed by atoms with E-state index in [9.17, 15) is 4.21 Å². The molecule has 0 bridgehead atoms. The van der Waals surface area contributed by atoms with Crippen LogP contribution in [0.1, 0.15) is 22.4 Å².